The second-order valence-corrected chi connectivity index (χ2v) is 7.22. The lowest BCUT2D eigenvalue weighted by atomic mass is 9.95. The van der Waals surface area contributed by atoms with E-state index in [1.165, 1.54) is 22.3 Å². The molecule has 2 aromatic carbocycles. The van der Waals surface area contributed by atoms with Gasteiger partial charge in [-0.25, -0.2) is 0 Å². The van der Waals surface area contributed by atoms with Gasteiger partial charge in [-0.05, 0) is 62.1 Å². The van der Waals surface area contributed by atoms with Gasteiger partial charge in [0.25, 0.3) is 0 Å². The molecule has 0 aliphatic heterocycles. The summed E-state index contributed by atoms with van der Waals surface area (Å²) >= 11 is 0. The van der Waals surface area contributed by atoms with Gasteiger partial charge in [0.05, 0.1) is 11.0 Å². The molecule has 2 heteroatoms. The molecular formula is C26H24N2. The molecule has 28 heavy (non-hydrogen) atoms. The van der Waals surface area contributed by atoms with Gasteiger partial charge in [-0.3, -0.25) is 9.97 Å². The zero-order chi connectivity index (χ0) is 19.7. The van der Waals surface area contributed by atoms with Crippen LogP contribution in [-0.4, -0.2) is 9.97 Å². The van der Waals surface area contributed by atoms with Crippen LogP contribution in [0.5, 0.6) is 0 Å². The highest BCUT2D eigenvalue weighted by molar-refractivity contribution is 6.10. The summed E-state index contributed by atoms with van der Waals surface area (Å²) in [5, 5.41) is 2.29. The summed E-state index contributed by atoms with van der Waals surface area (Å²) in [6.45, 7) is 8.29. The average molecular weight is 364 g/mol. The van der Waals surface area contributed by atoms with Gasteiger partial charge in [0.1, 0.15) is 0 Å². The van der Waals surface area contributed by atoms with E-state index in [-0.39, 0.29) is 0 Å². The quantitative estimate of drug-likeness (QED) is 0.287. The first-order chi connectivity index (χ1) is 13.6. The number of pyridine rings is 2. The van der Waals surface area contributed by atoms with Crippen LogP contribution >= 0.6 is 0 Å². The molecule has 0 fully saturated rings. The van der Waals surface area contributed by atoms with Crippen molar-refractivity contribution in [2.45, 2.75) is 27.7 Å². The molecule has 2 heterocycles. The topological polar surface area (TPSA) is 25.8 Å². The van der Waals surface area contributed by atoms with Crippen LogP contribution in [-0.2, 0) is 0 Å². The Morgan fingerprint density at radius 1 is 0.821 bits per heavy atom. The summed E-state index contributed by atoms with van der Waals surface area (Å²) in [5.41, 5.74) is 8.81. The predicted molar refractivity (Wildman–Crippen MR) is 120 cm³/mol. The maximum Gasteiger partial charge on any atom is 0.0974 e. The molecule has 0 radical (unpaired) electrons. The first-order valence-electron chi connectivity index (χ1n) is 9.65. The van der Waals surface area contributed by atoms with Gasteiger partial charge in [-0.15, -0.1) is 0 Å². The van der Waals surface area contributed by atoms with Crippen LogP contribution < -0.4 is 0 Å². The fraction of sp³-hybridized carbons (Fsp3) is 0.154. The molecule has 2 aromatic heterocycles. The van der Waals surface area contributed by atoms with Crippen molar-refractivity contribution in [3.63, 3.8) is 0 Å². The van der Waals surface area contributed by atoms with Crippen LogP contribution in [0.25, 0.3) is 38.5 Å². The van der Waals surface area contributed by atoms with Crippen molar-refractivity contribution in [2.75, 3.05) is 0 Å². The first kappa shape index (κ1) is 18.1. The van der Waals surface area contributed by atoms with Crippen molar-refractivity contribution in [3.05, 3.63) is 89.8 Å². The van der Waals surface area contributed by atoms with E-state index in [0.29, 0.717) is 0 Å². The van der Waals surface area contributed by atoms with Crippen molar-refractivity contribution in [1.29, 1.82) is 0 Å². The van der Waals surface area contributed by atoms with E-state index < -0.39 is 0 Å². The Balaban J connectivity index is 2.08. The molecule has 2 nitrogen and oxygen atoms in total. The molecule has 4 rings (SSSR count). The smallest absolute Gasteiger partial charge is 0.0974 e. The van der Waals surface area contributed by atoms with E-state index in [9.17, 15) is 0 Å². The number of allylic oxidation sites excluding steroid dienone is 4. The summed E-state index contributed by atoms with van der Waals surface area (Å²) in [7, 11) is 0. The van der Waals surface area contributed by atoms with Gasteiger partial charge in [0, 0.05) is 22.2 Å². The number of rotatable bonds is 3. The molecule has 0 saturated heterocycles. The molecular weight excluding hydrogens is 340 g/mol. The van der Waals surface area contributed by atoms with Crippen molar-refractivity contribution in [3.8, 4) is 11.1 Å². The second-order valence-electron chi connectivity index (χ2n) is 7.22. The van der Waals surface area contributed by atoms with Gasteiger partial charge >= 0.3 is 0 Å². The molecule has 4 aromatic rings. The van der Waals surface area contributed by atoms with Crippen LogP contribution in [0.15, 0.2) is 72.8 Å². The lowest BCUT2D eigenvalue weighted by Gasteiger charge is -2.13. The molecule has 0 spiro atoms. The maximum atomic E-state index is 4.90. The van der Waals surface area contributed by atoms with Crippen LogP contribution in [0, 0.1) is 13.8 Å². The average Bonchev–Trinajstić information content (AvgIpc) is 2.71. The minimum Gasteiger partial charge on any atom is -0.251 e. The molecule has 0 atom stereocenters. The maximum absolute atomic E-state index is 4.90. The number of hydrogen-bond acceptors (Lipinski definition) is 2. The van der Waals surface area contributed by atoms with Crippen molar-refractivity contribution in [2.24, 2.45) is 0 Å². The Bertz CT molecular complexity index is 1230. The first-order valence-corrected chi connectivity index (χ1v) is 9.65. The third-order valence-corrected chi connectivity index (χ3v) is 5.06. The lowest BCUT2D eigenvalue weighted by molar-refractivity contribution is 1.22. The van der Waals surface area contributed by atoms with Crippen LogP contribution in [0.2, 0.25) is 0 Å². The van der Waals surface area contributed by atoms with E-state index in [1.807, 2.05) is 19.1 Å². The van der Waals surface area contributed by atoms with E-state index in [2.05, 4.69) is 81.5 Å². The van der Waals surface area contributed by atoms with Crippen LogP contribution in [0.3, 0.4) is 0 Å². The van der Waals surface area contributed by atoms with Crippen molar-refractivity contribution >= 4 is 27.4 Å². The highest BCUT2D eigenvalue weighted by Crippen LogP contribution is 2.34. The molecule has 0 saturated carbocycles. The Hall–Kier alpha value is -3.26. The standard InChI is InChI=1S/C26H24N2/c1-5-6-10-17(2)23-15-18(3)27-25-21(23)13-14-22-24(16-19(4)28-26(22)25)20-11-8-7-9-12-20/h5-16H,1-4H3. The predicted octanol–water partition coefficient (Wildman–Crippen LogP) is 7.05. The third kappa shape index (κ3) is 3.22. The van der Waals surface area contributed by atoms with E-state index in [4.69, 9.17) is 9.97 Å². The molecule has 0 aliphatic carbocycles. The van der Waals surface area contributed by atoms with Crippen molar-refractivity contribution < 1.29 is 0 Å². The third-order valence-electron chi connectivity index (χ3n) is 5.06. The van der Waals surface area contributed by atoms with Gasteiger partial charge < -0.3 is 0 Å². The monoisotopic (exact) mass is 364 g/mol. The summed E-state index contributed by atoms with van der Waals surface area (Å²) in [5.74, 6) is 0. The van der Waals surface area contributed by atoms with Gasteiger partial charge in [-0.1, -0.05) is 60.7 Å². The minimum atomic E-state index is 0.972. The summed E-state index contributed by atoms with van der Waals surface area (Å²) < 4.78 is 0. The Kier molecular flexibility index (Phi) is 4.79. The molecule has 0 bridgehead atoms. The number of hydrogen-bond donors (Lipinski definition) is 0. The van der Waals surface area contributed by atoms with E-state index in [0.717, 1.165) is 33.2 Å². The van der Waals surface area contributed by atoms with Crippen LogP contribution in [0.1, 0.15) is 30.8 Å². The van der Waals surface area contributed by atoms with Gasteiger partial charge in [0.15, 0.2) is 0 Å². The molecule has 0 amide bonds. The van der Waals surface area contributed by atoms with Crippen molar-refractivity contribution in [1.82, 2.24) is 9.97 Å². The number of nitrogens with zero attached hydrogens (tertiary/aromatic N) is 2. The zero-order valence-corrected chi connectivity index (χ0v) is 16.8. The SMILES string of the molecule is CC=CC=C(C)c1cc(C)nc2c1ccc1c(-c3ccccc3)cc(C)nc12. The Morgan fingerprint density at radius 2 is 1.46 bits per heavy atom. The molecule has 0 aliphatic rings. The summed E-state index contributed by atoms with van der Waals surface area (Å²) in [6.07, 6.45) is 6.28. The summed E-state index contributed by atoms with van der Waals surface area (Å²) in [6, 6.07) is 19.2. The number of aryl methyl sites for hydroxylation is 2. The Morgan fingerprint density at radius 3 is 2.18 bits per heavy atom. The number of benzene rings is 2. The lowest BCUT2D eigenvalue weighted by Crippen LogP contribution is -1.95. The highest BCUT2D eigenvalue weighted by Gasteiger charge is 2.13. The van der Waals surface area contributed by atoms with E-state index >= 15 is 0 Å². The normalized spacial score (nSPS) is 12.4. The van der Waals surface area contributed by atoms with Gasteiger partial charge in [-0.2, -0.15) is 0 Å². The van der Waals surface area contributed by atoms with Gasteiger partial charge in [0.2, 0.25) is 0 Å². The minimum absolute atomic E-state index is 0.972. The second kappa shape index (κ2) is 7.40. The molecule has 138 valence electrons. The summed E-state index contributed by atoms with van der Waals surface area (Å²) in [4.78, 5) is 9.79. The number of aromatic nitrogens is 2. The van der Waals surface area contributed by atoms with E-state index in [1.54, 1.807) is 0 Å². The zero-order valence-electron chi connectivity index (χ0n) is 16.8. The molecule has 0 N–H and O–H groups in total. The molecule has 0 unspecified atom stereocenters. The fourth-order valence-corrected chi connectivity index (χ4v) is 3.74. The Labute approximate surface area is 166 Å². The highest BCUT2D eigenvalue weighted by atomic mass is 14.8. The van der Waals surface area contributed by atoms with Crippen LogP contribution in [0.4, 0.5) is 0 Å². The fourth-order valence-electron chi connectivity index (χ4n) is 3.74. The largest absolute Gasteiger partial charge is 0.251 e. The number of fused-ring (bicyclic) bond motifs is 3.